The van der Waals surface area contributed by atoms with Crippen molar-refractivity contribution >= 4 is 11.7 Å². The Morgan fingerprint density at radius 3 is 2.72 bits per heavy atom. The lowest BCUT2D eigenvalue weighted by Crippen LogP contribution is -2.30. The fourth-order valence-corrected chi connectivity index (χ4v) is 3.37. The first-order valence-electron chi connectivity index (χ1n) is 9.40. The first kappa shape index (κ1) is 18.8. The van der Waals surface area contributed by atoms with Crippen molar-refractivity contribution in [2.75, 3.05) is 12.1 Å². The van der Waals surface area contributed by atoms with Crippen LogP contribution >= 0.6 is 0 Å². The van der Waals surface area contributed by atoms with E-state index in [1.165, 1.54) is 4.57 Å². The molecule has 0 fully saturated rings. The van der Waals surface area contributed by atoms with Crippen molar-refractivity contribution in [2.24, 2.45) is 0 Å². The van der Waals surface area contributed by atoms with Crippen LogP contribution in [0.2, 0.25) is 0 Å². The molecule has 8 nitrogen and oxygen atoms in total. The standard InChI is InChI=1S/C21H22N4O4/c1-4-25-14(3)9-18(23-25)22-20(26)19-13(2)7-8-24(21(19)27)11-15-5-6-16-17(10-15)29-12-28-16/h5-10H,4,11-12H2,1-3H3,(H,22,23,26). The van der Waals surface area contributed by atoms with E-state index < -0.39 is 5.91 Å². The van der Waals surface area contributed by atoms with Crippen molar-refractivity contribution < 1.29 is 14.3 Å². The van der Waals surface area contributed by atoms with Gasteiger partial charge >= 0.3 is 0 Å². The Bertz CT molecular complexity index is 1150. The molecule has 1 amide bonds. The summed E-state index contributed by atoms with van der Waals surface area (Å²) < 4.78 is 14.0. The maximum Gasteiger partial charge on any atom is 0.263 e. The van der Waals surface area contributed by atoms with E-state index >= 15 is 0 Å². The summed E-state index contributed by atoms with van der Waals surface area (Å²) in [5.74, 6) is 1.31. The zero-order valence-electron chi connectivity index (χ0n) is 16.6. The number of carbonyl (C=O) groups excluding carboxylic acids is 1. The summed E-state index contributed by atoms with van der Waals surface area (Å²) in [5.41, 5.74) is 2.18. The Hall–Kier alpha value is -3.55. The van der Waals surface area contributed by atoms with Crippen molar-refractivity contribution in [3.63, 3.8) is 0 Å². The Balaban J connectivity index is 1.60. The first-order valence-corrected chi connectivity index (χ1v) is 9.40. The lowest BCUT2D eigenvalue weighted by Gasteiger charge is -2.11. The van der Waals surface area contributed by atoms with Crippen LogP contribution in [-0.4, -0.2) is 27.0 Å². The summed E-state index contributed by atoms with van der Waals surface area (Å²) in [6, 6.07) is 9.08. The van der Waals surface area contributed by atoms with Gasteiger partial charge in [0.05, 0.1) is 6.54 Å². The number of rotatable bonds is 5. The molecule has 0 radical (unpaired) electrons. The number of nitrogens with one attached hydrogen (secondary N) is 1. The maximum atomic E-state index is 13.0. The van der Waals surface area contributed by atoms with E-state index in [-0.39, 0.29) is 17.9 Å². The van der Waals surface area contributed by atoms with E-state index in [4.69, 9.17) is 9.47 Å². The largest absolute Gasteiger partial charge is 0.454 e. The van der Waals surface area contributed by atoms with Crippen molar-refractivity contribution in [1.29, 1.82) is 0 Å². The fourth-order valence-electron chi connectivity index (χ4n) is 3.37. The molecule has 1 aliphatic rings. The van der Waals surface area contributed by atoms with Gasteiger partial charge in [0.1, 0.15) is 5.56 Å². The quantitative estimate of drug-likeness (QED) is 0.719. The number of carbonyl (C=O) groups is 1. The lowest BCUT2D eigenvalue weighted by molar-refractivity contribution is 0.102. The minimum Gasteiger partial charge on any atom is -0.454 e. The van der Waals surface area contributed by atoms with Gasteiger partial charge in [0.15, 0.2) is 17.3 Å². The van der Waals surface area contributed by atoms with Gasteiger partial charge in [0.25, 0.3) is 11.5 Å². The van der Waals surface area contributed by atoms with E-state index in [9.17, 15) is 9.59 Å². The van der Waals surface area contributed by atoms with Crippen LogP contribution < -0.4 is 20.3 Å². The molecule has 0 aliphatic carbocycles. The first-order chi connectivity index (χ1) is 14.0. The van der Waals surface area contributed by atoms with Crippen LogP contribution in [0.4, 0.5) is 5.82 Å². The molecule has 1 aliphatic heterocycles. The number of benzene rings is 1. The van der Waals surface area contributed by atoms with Crippen LogP contribution in [-0.2, 0) is 13.1 Å². The van der Waals surface area contributed by atoms with Gasteiger partial charge in [0, 0.05) is 24.5 Å². The Labute approximate surface area is 167 Å². The third kappa shape index (κ3) is 3.61. The number of amides is 1. The molecule has 8 heteroatoms. The number of pyridine rings is 1. The van der Waals surface area contributed by atoms with Crippen LogP contribution in [0.3, 0.4) is 0 Å². The minimum absolute atomic E-state index is 0.108. The molecule has 1 N–H and O–H groups in total. The van der Waals surface area contributed by atoms with E-state index in [2.05, 4.69) is 10.4 Å². The van der Waals surface area contributed by atoms with Gasteiger partial charge in [-0.15, -0.1) is 0 Å². The number of anilines is 1. The van der Waals surface area contributed by atoms with Gasteiger partial charge in [-0.2, -0.15) is 5.10 Å². The van der Waals surface area contributed by atoms with Gasteiger partial charge in [-0.05, 0) is 50.1 Å². The molecule has 3 heterocycles. The van der Waals surface area contributed by atoms with Gasteiger partial charge < -0.3 is 19.4 Å². The summed E-state index contributed by atoms with van der Waals surface area (Å²) >= 11 is 0. The third-order valence-corrected chi connectivity index (χ3v) is 4.91. The SMILES string of the molecule is CCn1nc(NC(=O)c2c(C)ccn(Cc3ccc4c(c3)OCO4)c2=O)cc1C. The second kappa shape index (κ2) is 7.46. The van der Waals surface area contributed by atoms with Crippen molar-refractivity contribution in [3.8, 4) is 11.5 Å². The number of hydrogen-bond acceptors (Lipinski definition) is 5. The Morgan fingerprint density at radius 2 is 1.97 bits per heavy atom. The molecule has 0 atom stereocenters. The third-order valence-electron chi connectivity index (χ3n) is 4.91. The average Bonchev–Trinajstić information content (AvgIpc) is 3.29. The van der Waals surface area contributed by atoms with Crippen LogP contribution in [0.25, 0.3) is 0 Å². The molecule has 0 saturated heterocycles. The highest BCUT2D eigenvalue weighted by atomic mass is 16.7. The molecule has 3 aromatic rings. The molecule has 0 saturated carbocycles. The van der Waals surface area contributed by atoms with Crippen LogP contribution in [0.15, 0.2) is 41.3 Å². The second-order valence-corrected chi connectivity index (χ2v) is 6.94. The monoisotopic (exact) mass is 394 g/mol. The van der Waals surface area contributed by atoms with Gasteiger partial charge in [0.2, 0.25) is 6.79 Å². The Morgan fingerprint density at radius 1 is 1.17 bits per heavy atom. The number of aryl methyl sites for hydroxylation is 3. The number of aromatic nitrogens is 3. The van der Waals surface area contributed by atoms with Crippen molar-refractivity contribution in [1.82, 2.24) is 14.3 Å². The molecule has 0 spiro atoms. The fraction of sp³-hybridized carbons (Fsp3) is 0.286. The maximum absolute atomic E-state index is 13.0. The summed E-state index contributed by atoms with van der Waals surface area (Å²) in [5, 5.41) is 7.07. The second-order valence-electron chi connectivity index (χ2n) is 6.94. The number of nitrogens with zero attached hydrogens (tertiary/aromatic N) is 3. The lowest BCUT2D eigenvalue weighted by atomic mass is 10.1. The summed E-state index contributed by atoms with van der Waals surface area (Å²) in [6.45, 7) is 6.85. The van der Waals surface area contributed by atoms with Gasteiger partial charge in [-0.1, -0.05) is 6.07 Å². The molecule has 4 rings (SSSR count). The van der Waals surface area contributed by atoms with E-state index in [1.807, 2.05) is 32.0 Å². The summed E-state index contributed by atoms with van der Waals surface area (Å²) in [7, 11) is 0. The van der Waals surface area contributed by atoms with E-state index in [1.54, 1.807) is 29.9 Å². The van der Waals surface area contributed by atoms with E-state index in [0.717, 1.165) is 11.3 Å². The van der Waals surface area contributed by atoms with Gasteiger partial charge in [-0.25, -0.2) is 0 Å². The number of hydrogen-bond donors (Lipinski definition) is 1. The smallest absolute Gasteiger partial charge is 0.263 e. The molecular formula is C21H22N4O4. The molecule has 150 valence electrons. The zero-order chi connectivity index (χ0) is 20.5. The molecule has 29 heavy (non-hydrogen) atoms. The topological polar surface area (TPSA) is 87.4 Å². The summed E-state index contributed by atoms with van der Waals surface area (Å²) in [4.78, 5) is 25.8. The molecular weight excluding hydrogens is 372 g/mol. The predicted octanol–water partition coefficient (Wildman–Crippen LogP) is 2.71. The molecule has 0 unspecified atom stereocenters. The highest BCUT2D eigenvalue weighted by molar-refractivity contribution is 6.04. The number of fused-ring (bicyclic) bond motifs is 1. The molecule has 2 aromatic heterocycles. The van der Waals surface area contributed by atoms with Crippen LogP contribution in [0.5, 0.6) is 11.5 Å². The zero-order valence-corrected chi connectivity index (χ0v) is 16.6. The number of ether oxygens (including phenoxy) is 2. The molecule has 1 aromatic carbocycles. The van der Waals surface area contributed by atoms with Crippen LogP contribution in [0.1, 0.15) is 34.1 Å². The minimum atomic E-state index is -0.465. The van der Waals surface area contributed by atoms with Crippen LogP contribution in [0, 0.1) is 13.8 Å². The molecule has 0 bridgehead atoms. The normalized spacial score (nSPS) is 12.2. The van der Waals surface area contributed by atoms with Crippen molar-refractivity contribution in [2.45, 2.75) is 33.9 Å². The predicted molar refractivity (Wildman–Crippen MR) is 108 cm³/mol. The highest BCUT2D eigenvalue weighted by Gasteiger charge is 2.18. The van der Waals surface area contributed by atoms with Crippen molar-refractivity contribution in [3.05, 3.63) is 69.3 Å². The average molecular weight is 394 g/mol. The summed E-state index contributed by atoms with van der Waals surface area (Å²) in [6.07, 6.45) is 1.69. The van der Waals surface area contributed by atoms with Gasteiger partial charge in [-0.3, -0.25) is 14.3 Å². The van der Waals surface area contributed by atoms with E-state index in [0.29, 0.717) is 36.0 Å². The highest BCUT2D eigenvalue weighted by Crippen LogP contribution is 2.32. The Kier molecular flexibility index (Phi) is 4.84.